The highest BCUT2D eigenvalue weighted by Crippen LogP contribution is 2.26. The summed E-state index contributed by atoms with van der Waals surface area (Å²) in [5.74, 6) is 0.418. The molecule has 0 saturated heterocycles. The minimum atomic E-state index is -0.0974. The minimum absolute atomic E-state index is 0.0974. The van der Waals surface area contributed by atoms with Crippen LogP contribution in [0.5, 0.6) is 0 Å². The molecule has 3 rings (SSSR count). The first-order chi connectivity index (χ1) is 9.69. The molecule has 0 unspecified atom stereocenters. The SMILES string of the molecule is NC(=NO)c1[nH]c(N)nc1N=C1CCc2ccccc21. The number of fused-ring (bicyclic) bond motifs is 1. The van der Waals surface area contributed by atoms with Crippen LogP contribution in [0, 0.1) is 0 Å². The van der Waals surface area contributed by atoms with Gasteiger partial charge in [0.1, 0.15) is 5.69 Å². The van der Waals surface area contributed by atoms with Crippen molar-refractivity contribution in [2.75, 3.05) is 5.73 Å². The van der Waals surface area contributed by atoms with E-state index in [0.29, 0.717) is 11.5 Å². The van der Waals surface area contributed by atoms with Crippen molar-refractivity contribution in [3.05, 3.63) is 41.1 Å². The fourth-order valence-electron chi connectivity index (χ4n) is 2.34. The van der Waals surface area contributed by atoms with Crippen LogP contribution in [0.2, 0.25) is 0 Å². The van der Waals surface area contributed by atoms with E-state index in [1.54, 1.807) is 0 Å². The molecule has 0 radical (unpaired) electrons. The van der Waals surface area contributed by atoms with Gasteiger partial charge in [-0.2, -0.15) is 4.98 Å². The van der Waals surface area contributed by atoms with Crippen LogP contribution in [0.3, 0.4) is 0 Å². The summed E-state index contributed by atoms with van der Waals surface area (Å²) in [6.07, 6.45) is 1.79. The van der Waals surface area contributed by atoms with Crippen LogP contribution in [0.25, 0.3) is 0 Å². The molecule has 7 heteroatoms. The first kappa shape index (κ1) is 12.2. The summed E-state index contributed by atoms with van der Waals surface area (Å²) < 4.78 is 0. The summed E-state index contributed by atoms with van der Waals surface area (Å²) in [6.45, 7) is 0. The largest absolute Gasteiger partial charge is 0.409 e. The Labute approximate surface area is 115 Å². The Morgan fingerprint density at radius 1 is 1.30 bits per heavy atom. The molecule has 20 heavy (non-hydrogen) atoms. The molecule has 0 saturated carbocycles. The van der Waals surface area contributed by atoms with Crippen LogP contribution in [-0.2, 0) is 6.42 Å². The van der Waals surface area contributed by atoms with E-state index in [1.165, 1.54) is 5.56 Å². The topological polar surface area (TPSA) is 126 Å². The van der Waals surface area contributed by atoms with Crippen LogP contribution in [0.4, 0.5) is 11.8 Å². The molecule has 0 bridgehead atoms. The van der Waals surface area contributed by atoms with Crippen molar-refractivity contribution in [1.82, 2.24) is 9.97 Å². The molecule has 6 N–H and O–H groups in total. The van der Waals surface area contributed by atoms with Crippen LogP contribution in [-0.4, -0.2) is 26.7 Å². The van der Waals surface area contributed by atoms with Crippen LogP contribution < -0.4 is 11.5 Å². The maximum Gasteiger partial charge on any atom is 0.200 e. The Morgan fingerprint density at radius 3 is 2.90 bits per heavy atom. The molecule has 1 aromatic carbocycles. The van der Waals surface area contributed by atoms with Gasteiger partial charge in [-0.3, -0.25) is 0 Å². The molecule has 1 aliphatic carbocycles. The summed E-state index contributed by atoms with van der Waals surface area (Å²) in [7, 11) is 0. The molecule has 0 spiro atoms. The Hall–Kier alpha value is -2.83. The zero-order chi connectivity index (χ0) is 14.1. The van der Waals surface area contributed by atoms with E-state index in [4.69, 9.17) is 16.7 Å². The number of oxime groups is 1. The average Bonchev–Trinajstić information content (AvgIpc) is 3.03. The van der Waals surface area contributed by atoms with Gasteiger partial charge >= 0.3 is 0 Å². The number of amidine groups is 1. The lowest BCUT2D eigenvalue weighted by Gasteiger charge is -2.00. The van der Waals surface area contributed by atoms with Gasteiger partial charge in [0.05, 0.1) is 5.71 Å². The zero-order valence-electron chi connectivity index (χ0n) is 10.7. The summed E-state index contributed by atoms with van der Waals surface area (Å²) in [5, 5.41) is 11.7. The lowest BCUT2D eigenvalue weighted by atomic mass is 10.1. The highest BCUT2D eigenvalue weighted by Gasteiger charge is 2.19. The number of anilines is 1. The maximum atomic E-state index is 8.77. The Balaban J connectivity index is 2.06. The van der Waals surface area contributed by atoms with Gasteiger partial charge in [-0.15, -0.1) is 0 Å². The zero-order valence-corrected chi connectivity index (χ0v) is 10.7. The Kier molecular flexibility index (Phi) is 2.86. The van der Waals surface area contributed by atoms with Crippen molar-refractivity contribution in [2.24, 2.45) is 15.9 Å². The predicted molar refractivity (Wildman–Crippen MR) is 76.5 cm³/mol. The molecular formula is C13H14N6O. The number of nitrogen functional groups attached to an aromatic ring is 1. The minimum Gasteiger partial charge on any atom is -0.409 e. The molecule has 1 aromatic heterocycles. The van der Waals surface area contributed by atoms with Gasteiger partial charge in [-0.1, -0.05) is 29.4 Å². The van der Waals surface area contributed by atoms with E-state index in [-0.39, 0.29) is 11.8 Å². The number of rotatable bonds is 2. The van der Waals surface area contributed by atoms with Crippen molar-refractivity contribution in [1.29, 1.82) is 0 Å². The van der Waals surface area contributed by atoms with E-state index < -0.39 is 0 Å². The number of aromatic amines is 1. The summed E-state index contributed by atoms with van der Waals surface area (Å²) in [5.41, 5.74) is 14.8. The molecule has 1 aliphatic rings. The second-order valence-corrected chi connectivity index (χ2v) is 4.52. The number of H-pyrrole nitrogens is 1. The molecule has 7 nitrogen and oxygen atoms in total. The van der Waals surface area contributed by atoms with Crippen molar-refractivity contribution in [2.45, 2.75) is 12.8 Å². The third-order valence-corrected chi connectivity index (χ3v) is 3.27. The third-order valence-electron chi connectivity index (χ3n) is 3.27. The lowest BCUT2D eigenvalue weighted by Crippen LogP contribution is -2.14. The summed E-state index contributed by atoms with van der Waals surface area (Å²) >= 11 is 0. The number of nitrogens with two attached hydrogens (primary N) is 2. The predicted octanol–water partition coefficient (Wildman–Crippen LogP) is 1.15. The summed E-state index contributed by atoms with van der Waals surface area (Å²) in [4.78, 5) is 11.3. The van der Waals surface area contributed by atoms with Crippen LogP contribution >= 0.6 is 0 Å². The van der Waals surface area contributed by atoms with Crippen molar-refractivity contribution in [3.8, 4) is 0 Å². The second-order valence-electron chi connectivity index (χ2n) is 4.52. The van der Waals surface area contributed by atoms with Gasteiger partial charge in [0, 0.05) is 0 Å². The molecular weight excluding hydrogens is 256 g/mol. The number of aromatic nitrogens is 2. The highest BCUT2D eigenvalue weighted by atomic mass is 16.4. The lowest BCUT2D eigenvalue weighted by molar-refractivity contribution is 0.318. The normalized spacial score (nSPS) is 16.6. The van der Waals surface area contributed by atoms with E-state index in [0.717, 1.165) is 24.1 Å². The first-order valence-electron chi connectivity index (χ1n) is 6.18. The molecule has 0 fully saturated rings. The van der Waals surface area contributed by atoms with Crippen LogP contribution in [0.15, 0.2) is 34.4 Å². The van der Waals surface area contributed by atoms with E-state index in [9.17, 15) is 0 Å². The van der Waals surface area contributed by atoms with Gasteiger partial charge in [0.2, 0.25) is 0 Å². The summed E-state index contributed by atoms with van der Waals surface area (Å²) in [6, 6.07) is 8.10. The third kappa shape index (κ3) is 1.99. The van der Waals surface area contributed by atoms with Gasteiger partial charge in [-0.25, -0.2) is 4.99 Å². The smallest absolute Gasteiger partial charge is 0.200 e. The number of aryl methyl sites for hydroxylation is 1. The number of nitrogens with one attached hydrogen (secondary N) is 1. The molecule has 0 amide bonds. The standard InChI is InChI=1S/C13H14N6O/c14-11(19-20)10-12(18-13(15)17-10)16-9-6-5-7-3-1-2-4-8(7)9/h1-4,20H,5-6H2,(H2,14,19)(H3,15,17,18). The number of benzene rings is 1. The van der Waals surface area contributed by atoms with Crippen molar-refractivity contribution in [3.63, 3.8) is 0 Å². The number of hydrogen-bond donors (Lipinski definition) is 4. The molecule has 0 aliphatic heterocycles. The maximum absolute atomic E-state index is 8.77. The van der Waals surface area contributed by atoms with E-state index in [2.05, 4.69) is 26.2 Å². The number of aliphatic imine (C=N–C) groups is 1. The Bertz CT molecular complexity index is 715. The number of nitrogens with zero attached hydrogens (tertiary/aromatic N) is 3. The van der Waals surface area contributed by atoms with Crippen molar-refractivity contribution >= 4 is 23.3 Å². The molecule has 2 aromatic rings. The fourth-order valence-corrected chi connectivity index (χ4v) is 2.34. The first-order valence-corrected chi connectivity index (χ1v) is 6.18. The molecule has 0 atom stereocenters. The van der Waals surface area contributed by atoms with Crippen molar-refractivity contribution < 1.29 is 5.21 Å². The quantitative estimate of drug-likeness (QED) is 0.282. The van der Waals surface area contributed by atoms with E-state index in [1.807, 2.05) is 18.2 Å². The number of imidazole rings is 1. The van der Waals surface area contributed by atoms with Crippen LogP contribution in [0.1, 0.15) is 23.2 Å². The molecule has 1 heterocycles. The van der Waals surface area contributed by atoms with Gasteiger partial charge < -0.3 is 21.7 Å². The fraction of sp³-hybridized carbons (Fsp3) is 0.154. The number of hydrogen-bond acceptors (Lipinski definition) is 5. The van der Waals surface area contributed by atoms with E-state index >= 15 is 0 Å². The van der Waals surface area contributed by atoms with Gasteiger partial charge in [0.15, 0.2) is 17.6 Å². The van der Waals surface area contributed by atoms with Gasteiger partial charge in [0.25, 0.3) is 0 Å². The average molecular weight is 270 g/mol. The monoisotopic (exact) mass is 270 g/mol. The second kappa shape index (κ2) is 4.69. The highest BCUT2D eigenvalue weighted by molar-refractivity contribution is 6.07. The van der Waals surface area contributed by atoms with Gasteiger partial charge in [-0.05, 0) is 24.0 Å². The Morgan fingerprint density at radius 2 is 2.10 bits per heavy atom. The molecule has 102 valence electrons.